The van der Waals surface area contributed by atoms with Crippen LogP contribution in [-0.2, 0) is 0 Å². The number of carbonyl (C=O) groups excluding carboxylic acids is 1. The van der Waals surface area contributed by atoms with Gasteiger partial charge in [-0.1, -0.05) is 6.07 Å². The molecular weight excluding hydrogens is 264 g/mol. The molecule has 2 heterocycles. The van der Waals surface area contributed by atoms with Crippen LogP contribution in [0.1, 0.15) is 19.4 Å². The average Bonchev–Trinajstić information content (AvgIpc) is 3.01. The second-order valence-electron chi connectivity index (χ2n) is 6.41. The zero-order chi connectivity index (χ0) is 15.0. The monoisotopic (exact) mass is 284 g/mol. The standard InChI is InChI=1S/C16H20N4O/c1-16(2)14-9-18-8-12(14)10-20(16)15(21)19-13-5-3-4-11(6-13)7-17/h3-6,12,14,18H,8-10H2,1-2H3,(H,19,21). The molecule has 1 aromatic carbocycles. The molecule has 0 saturated carbocycles. The number of nitriles is 1. The molecule has 2 N–H and O–H groups in total. The van der Waals surface area contributed by atoms with Crippen molar-refractivity contribution in [2.45, 2.75) is 19.4 Å². The molecule has 0 spiro atoms. The molecule has 0 radical (unpaired) electrons. The van der Waals surface area contributed by atoms with Crippen LogP contribution in [0.15, 0.2) is 24.3 Å². The molecule has 21 heavy (non-hydrogen) atoms. The number of rotatable bonds is 1. The Balaban J connectivity index is 1.75. The van der Waals surface area contributed by atoms with Crippen LogP contribution >= 0.6 is 0 Å². The molecule has 2 atom stereocenters. The highest BCUT2D eigenvalue weighted by Gasteiger charge is 2.51. The Hall–Kier alpha value is -2.06. The van der Waals surface area contributed by atoms with Crippen molar-refractivity contribution < 1.29 is 4.79 Å². The van der Waals surface area contributed by atoms with Gasteiger partial charge in [-0.3, -0.25) is 0 Å². The summed E-state index contributed by atoms with van der Waals surface area (Å²) in [5.41, 5.74) is 1.07. The molecule has 3 rings (SSSR count). The topological polar surface area (TPSA) is 68.2 Å². The molecule has 5 heteroatoms. The Kier molecular flexibility index (Phi) is 3.34. The lowest BCUT2D eigenvalue weighted by Crippen LogP contribution is -2.49. The third-order valence-corrected chi connectivity index (χ3v) is 4.85. The minimum Gasteiger partial charge on any atom is -0.319 e. The Morgan fingerprint density at radius 2 is 2.29 bits per heavy atom. The predicted molar refractivity (Wildman–Crippen MR) is 80.8 cm³/mol. The Morgan fingerprint density at radius 3 is 3.00 bits per heavy atom. The quantitative estimate of drug-likeness (QED) is 0.829. The van der Waals surface area contributed by atoms with Crippen LogP contribution in [0.25, 0.3) is 0 Å². The number of nitrogens with one attached hydrogen (secondary N) is 2. The first-order valence-electron chi connectivity index (χ1n) is 7.32. The molecule has 2 saturated heterocycles. The van der Waals surface area contributed by atoms with Gasteiger partial charge in [-0.05, 0) is 43.9 Å². The maximum absolute atomic E-state index is 12.6. The number of hydrogen-bond donors (Lipinski definition) is 2. The van der Waals surface area contributed by atoms with Gasteiger partial charge in [0.15, 0.2) is 0 Å². The fraction of sp³-hybridized carbons (Fsp3) is 0.500. The smallest absolute Gasteiger partial charge is 0.319 e. The van der Waals surface area contributed by atoms with E-state index in [4.69, 9.17) is 5.26 Å². The van der Waals surface area contributed by atoms with Crippen molar-refractivity contribution >= 4 is 11.7 Å². The van der Waals surface area contributed by atoms with Gasteiger partial charge in [0.1, 0.15) is 0 Å². The SMILES string of the molecule is CC1(C)C2CNCC2CN1C(=O)Nc1cccc(C#N)c1. The maximum Gasteiger partial charge on any atom is 0.322 e. The van der Waals surface area contributed by atoms with E-state index in [0.717, 1.165) is 19.6 Å². The van der Waals surface area contributed by atoms with Crippen LogP contribution in [0.4, 0.5) is 10.5 Å². The highest BCUT2D eigenvalue weighted by Crippen LogP contribution is 2.40. The molecule has 2 unspecified atom stereocenters. The lowest BCUT2D eigenvalue weighted by atomic mass is 9.85. The van der Waals surface area contributed by atoms with Crippen LogP contribution in [0.3, 0.4) is 0 Å². The van der Waals surface area contributed by atoms with E-state index >= 15 is 0 Å². The second kappa shape index (κ2) is 5.05. The summed E-state index contributed by atoms with van der Waals surface area (Å²) >= 11 is 0. The lowest BCUT2D eigenvalue weighted by Gasteiger charge is -2.35. The van der Waals surface area contributed by atoms with Gasteiger partial charge in [0.05, 0.1) is 11.6 Å². The molecule has 1 aromatic rings. The van der Waals surface area contributed by atoms with Gasteiger partial charge in [-0.25, -0.2) is 4.79 Å². The number of nitrogens with zero attached hydrogens (tertiary/aromatic N) is 2. The van der Waals surface area contributed by atoms with E-state index in [1.165, 1.54) is 0 Å². The largest absolute Gasteiger partial charge is 0.322 e. The third kappa shape index (κ3) is 2.36. The summed E-state index contributed by atoms with van der Waals surface area (Å²) in [6.07, 6.45) is 0. The van der Waals surface area contributed by atoms with Crippen molar-refractivity contribution in [1.82, 2.24) is 10.2 Å². The minimum absolute atomic E-state index is 0.0792. The second-order valence-corrected chi connectivity index (χ2v) is 6.41. The van der Waals surface area contributed by atoms with Gasteiger partial charge < -0.3 is 15.5 Å². The molecular formula is C16H20N4O. The number of hydrogen-bond acceptors (Lipinski definition) is 3. The van der Waals surface area contributed by atoms with Crippen molar-refractivity contribution in [2.75, 3.05) is 25.0 Å². The average molecular weight is 284 g/mol. The van der Waals surface area contributed by atoms with Crippen LogP contribution in [0, 0.1) is 23.2 Å². The van der Waals surface area contributed by atoms with E-state index in [0.29, 0.717) is 23.1 Å². The molecule has 2 fully saturated rings. The number of amides is 2. The molecule has 2 amide bonds. The summed E-state index contributed by atoms with van der Waals surface area (Å²) in [5.74, 6) is 1.05. The first kappa shape index (κ1) is 13.9. The number of fused-ring (bicyclic) bond motifs is 1. The molecule has 0 bridgehead atoms. The maximum atomic E-state index is 12.6. The van der Waals surface area contributed by atoms with Gasteiger partial charge in [0.2, 0.25) is 0 Å². The normalized spacial score (nSPS) is 26.2. The first-order valence-corrected chi connectivity index (χ1v) is 7.32. The fourth-order valence-electron chi connectivity index (χ4n) is 3.62. The van der Waals surface area contributed by atoms with Gasteiger partial charge in [0.25, 0.3) is 0 Å². The van der Waals surface area contributed by atoms with E-state index in [2.05, 4.69) is 30.6 Å². The Labute approximate surface area is 124 Å². The van der Waals surface area contributed by atoms with Crippen molar-refractivity contribution in [3.63, 3.8) is 0 Å². The van der Waals surface area contributed by atoms with Gasteiger partial charge in [0, 0.05) is 30.9 Å². The van der Waals surface area contributed by atoms with E-state index in [1.807, 2.05) is 11.0 Å². The summed E-state index contributed by atoms with van der Waals surface area (Å²) in [6, 6.07) is 9.02. The van der Waals surface area contributed by atoms with Gasteiger partial charge in [-0.2, -0.15) is 5.26 Å². The summed E-state index contributed by atoms with van der Waals surface area (Å²) in [7, 11) is 0. The van der Waals surface area contributed by atoms with Crippen LogP contribution in [0.2, 0.25) is 0 Å². The lowest BCUT2D eigenvalue weighted by molar-refractivity contribution is 0.157. The van der Waals surface area contributed by atoms with Crippen molar-refractivity contribution in [3.05, 3.63) is 29.8 Å². The van der Waals surface area contributed by atoms with Crippen LogP contribution in [0.5, 0.6) is 0 Å². The van der Waals surface area contributed by atoms with Crippen molar-refractivity contribution in [2.24, 2.45) is 11.8 Å². The van der Waals surface area contributed by atoms with Gasteiger partial charge in [-0.15, -0.1) is 0 Å². The van der Waals surface area contributed by atoms with E-state index in [1.54, 1.807) is 18.2 Å². The summed E-state index contributed by atoms with van der Waals surface area (Å²) in [4.78, 5) is 14.5. The molecule has 0 aliphatic carbocycles. The Bertz CT molecular complexity index is 605. The van der Waals surface area contributed by atoms with Crippen molar-refractivity contribution in [3.8, 4) is 6.07 Å². The summed E-state index contributed by atoms with van der Waals surface area (Å²) in [5, 5.41) is 15.2. The highest BCUT2D eigenvalue weighted by atomic mass is 16.2. The highest BCUT2D eigenvalue weighted by molar-refractivity contribution is 5.90. The van der Waals surface area contributed by atoms with Crippen LogP contribution < -0.4 is 10.6 Å². The van der Waals surface area contributed by atoms with Crippen LogP contribution in [-0.4, -0.2) is 36.1 Å². The van der Waals surface area contributed by atoms with Gasteiger partial charge >= 0.3 is 6.03 Å². The van der Waals surface area contributed by atoms with E-state index in [9.17, 15) is 4.79 Å². The van der Waals surface area contributed by atoms with Crippen molar-refractivity contribution in [1.29, 1.82) is 5.26 Å². The van der Waals surface area contributed by atoms with E-state index < -0.39 is 0 Å². The summed E-state index contributed by atoms with van der Waals surface area (Å²) < 4.78 is 0. The number of benzene rings is 1. The van der Waals surface area contributed by atoms with E-state index in [-0.39, 0.29) is 11.6 Å². The number of anilines is 1. The number of likely N-dealkylation sites (tertiary alicyclic amines) is 1. The zero-order valence-corrected chi connectivity index (χ0v) is 12.4. The molecule has 110 valence electrons. The number of carbonyl (C=O) groups is 1. The third-order valence-electron chi connectivity index (χ3n) is 4.85. The molecule has 2 aliphatic heterocycles. The first-order chi connectivity index (χ1) is 10.0. The Morgan fingerprint density at radius 1 is 1.48 bits per heavy atom. The fourth-order valence-corrected chi connectivity index (χ4v) is 3.62. The number of urea groups is 1. The molecule has 0 aromatic heterocycles. The predicted octanol–water partition coefficient (Wildman–Crippen LogP) is 2.02. The zero-order valence-electron chi connectivity index (χ0n) is 12.4. The molecule has 5 nitrogen and oxygen atoms in total. The molecule has 2 aliphatic rings. The minimum atomic E-state index is -0.148. The summed E-state index contributed by atoms with van der Waals surface area (Å²) in [6.45, 7) is 7.02.